The number of likely N-dealkylation sites (tertiary alicyclic amines) is 1. The lowest BCUT2D eigenvalue weighted by atomic mass is 9.97. The second kappa shape index (κ2) is 6.48. The molecule has 1 saturated heterocycles. The monoisotopic (exact) mass is 301 g/mol. The molecule has 5 heteroatoms. The molecule has 0 aliphatic carbocycles. The van der Waals surface area contributed by atoms with Crippen molar-refractivity contribution in [2.75, 3.05) is 13.7 Å². The highest BCUT2D eigenvalue weighted by Gasteiger charge is 2.30. The maximum Gasteiger partial charge on any atom is 0.226 e. The summed E-state index contributed by atoms with van der Waals surface area (Å²) in [4.78, 5) is 6.84. The number of hydrogen-bond acceptors (Lipinski definition) is 5. The van der Waals surface area contributed by atoms with Crippen LogP contribution in [0.4, 0.5) is 0 Å². The molecule has 0 spiro atoms. The van der Waals surface area contributed by atoms with E-state index < -0.39 is 0 Å². The minimum Gasteiger partial charge on any atom is -0.497 e. The van der Waals surface area contributed by atoms with E-state index in [2.05, 4.69) is 34.1 Å². The van der Waals surface area contributed by atoms with Gasteiger partial charge in [0.1, 0.15) is 5.75 Å². The van der Waals surface area contributed by atoms with Crippen LogP contribution in [-0.4, -0.2) is 34.7 Å². The Morgan fingerprint density at radius 3 is 2.73 bits per heavy atom. The van der Waals surface area contributed by atoms with Gasteiger partial charge in [0, 0.05) is 19.0 Å². The van der Waals surface area contributed by atoms with Crippen LogP contribution in [0.15, 0.2) is 28.8 Å². The molecule has 0 amide bonds. The molecule has 1 aromatic heterocycles. The van der Waals surface area contributed by atoms with E-state index in [1.54, 1.807) is 7.11 Å². The summed E-state index contributed by atoms with van der Waals surface area (Å²) in [6.45, 7) is 6.08. The number of rotatable bonds is 5. The molecule has 5 nitrogen and oxygen atoms in total. The maximum atomic E-state index is 5.23. The quantitative estimate of drug-likeness (QED) is 0.849. The van der Waals surface area contributed by atoms with Crippen LogP contribution in [0, 0.1) is 0 Å². The normalized spacial score (nSPS) is 22.1. The van der Waals surface area contributed by atoms with Gasteiger partial charge in [-0.15, -0.1) is 0 Å². The van der Waals surface area contributed by atoms with Gasteiger partial charge in [0.2, 0.25) is 5.89 Å². The van der Waals surface area contributed by atoms with Crippen molar-refractivity contribution in [3.05, 3.63) is 41.5 Å². The van der Waals surface area contributed by atoms with Crippen molar-refractivity contribution in [2.24, 2.45) is 0 Å². The molecule has 118 valence electrons. The Hall–Kier alpha value is -1.88. The fourth-order valence-corrected chi connectivity index (χ4v) is 3.12. The number of benzene rings is 1. The summed E-state index contributed by atoms with van der Waals surface area (Å²) in [6.07, 6.45) is 1.95. The summed E-state index contributed by atoms with van der Waals surface area (Å²) in [7, 11) is 1.70. The first-order chi connectivity index (χ1) is 10.7. The first-order valence-corrected chi connectivity index (χ1v) is 7.89. The summed E-state index contributed by atoms with van der Waals surface area (Å²) >= 11 is 0. The number of aryl methyl sites for hydroxylation is 1. The summed E-state index contributed by atoms with van der Waals surface area (Å²) in [6, 6.07) is 8.94. The van der Waals surface area contributed by atoms with Gasteiger partial charge >= 0.3 is 0 Å². The Kier molecular flexibility index (Phi) is 4.43. The third-order valence-corrected chi connectivity index (χ3v) is 4.45. The van der Waals surface area contributed by atoms with Gasteiger partial charge in [-0.3, -0.25) is 4.90 Å². The SMILES string of the molecule is CCc1nc(CN2C[C@H](c3ccc(OC)cc3)C[C@H]2C)no1. The molecule has 1 aliphatic heterocycles. The molecule has 1 aliphatic rings. The van der Waals surface area contributed by atoms with E-state index >= 15 is 0 Å². The molecule has 2 heterocycles. The zero-order valence-corrected chi connectivity index (χ0v) is 13.5. The summed E-state index contributed by atoms with van der Waals surface area (Å²) < 4.78 is 10.4. The summed E-state index contributed by atoms with van der Waals surface area (Å²) in [5.41, 5.74) is 1.37. The molecule has 0 saturated carbocycles. The van der Waals surface area contributed by atoms with Gasteiger partial charge < -0.3 is 9.26 Å². The molecule has 0 unspecified atom stereocenters. The second-order valence-electron chi connectivity index (χ2n) is 5.94. The van der Waals surface area contributed by atoms with Crippen LogP contribution in [-0.2, 0) is 13.0 Å². The number of hydrogen-bond donors (Lipinski definition) is 0. The van der Waals surface area contributed by atoms with Crippen LogP contribution in [0.25, 0.3) is 0 Å². The Balaban J connectivity index is 1.65. The van der Waals surface area contributed by atoms with Gasteiger partial charge in [0.05, 0.1) is 13.7 Å². The Morgan fingerprint density at radius 2 is 2.09 bits per heavy atom. The third-order valence-electron chi connectivity index (χ3n) is 4.45. The standard InChI is InChI=1S/C17H23N3O2/c1-4-17-18-16(19-22-17)11-20-10-14(9-12(20)2)13-5-7-15(21-3)8-6-13/h5-8,12,14H,4,9-11H2,1-3H3/t12-,14-/m1/s1. The van der Waals surface area contributed by atoms with Crippen molar-refractivity contribution in [1.82, 2.24) is 15.0 Å². The van der Waals surface area contributed by atoms with Crippen molar-refractivity contribution in [2.45, 2.75) is 45.2 Å². The number of aromatic nitrogens is 2. The van der Waals surface area contributed by atoms with Crippen molar-refractivity contribution in [1.29, 1.82) is 0 Å². The number of methoxy groups -OCH3 is 1. The topological polar surface area (TPSA) is 51.4 Å². The number of ether oxygens (including phenoxy) is 1. The lowest BCUT2D eigenvalue weighted by Gasteiger charge is -2.18. The van der Waals surface area contributed by atoms with Gasteiger partial charge in [-0.2, -0.15) is 4.98 Å². The maximum absolute atomic E-state index is 5.23. The lowest BCUT2D eigenvalue weighted by molar-refractivity contribution is 0.247. The lowest BCUT2D eigenvalue weighted by Crippen LogP contribution is -2.27. The highest BCUT2D eigenvalue weighted by molar-refractivity contribution is 5.30. The molecular formula is C17H23N3O2. The number of nitrogens with zero attached hydrogens (tertiary/aromatic N) is 3. The largest absolute Gasteiger partial charge is 0.497 e. The fraction of sp³-hybridized carbons (Fsp3) is 0.529. The van der Waals surface area contributed by atoms with E-state index in [0.717, 1.165) is 37.5 Å². The molecular weight excluding hydrogens is 278 g/mol. The van der Waals surface area contributed by atoms with Crippen molar-refractivity contribution in [3.63, 3.8) is 0 Å². The van der Waals surface area contributed by atoms with E-state index in [1.807, 2.05) is 19.1 Å². The van der Waals surface area contributed by atoms with Gasteiger partial charge in [0.25, 0.3) is 0 Å². The fourth-order valence-electron chi connectivity index (χ4n) is 3.12. The van der Waals surface area contributed by atoms with Crippen molar-refractivity contribution < 1.29 is 9.26 Å². The average Bonchev–Trinajstić information content (AvgIpc) is 3.15. The molecule has 22 heavy (non-hydrogen) atoms. The van der Waals surface area contributed by atoms with E-state index in [-0.39, 0.29) is 0 Å². The minimum absolute atomic E-state index is 0.524. The van der Waals surface area contributed by atoms with Gasteiger partial charge in [-0.05, 0) is 37.0 Å². The Bertz CT molecular complexity index is 609. The molecule has 0 radical (unpaired) electrons. The van der Waals surface area contributed by atoms with Gasteiger partial charge in [-0.25, -0.2) is 0 Å². The molecule has 2 atom stereocenters. The van der Waals surface area contributed by atoms with Crippen LogP contribution in [0.5, 0.6) is 5.75 Å². The van der Waals surface area contributed by atoms with Crippen LogP contribution in [0.1, 0.15) is 43.5 Å². The van der Waals surface area contributed by atoms with Gasteiger partial charge in [0.15, 0.2) is 5.82 Å². The molecule has 0 N–H and O–H groups in total. The predicted molar refractivity (Wildman–Crippen MR) is 83.9 cm³/mol. The average molecular weight is 301 g/mol. The van der Waals surface area contributed by atoms with Crippen LogP contribution in [0.2, 0.25) is 0 Å². The van der Waals surface area contributed by atoms with Crippen molar-refractivity contribution >= 4 is 0 Å². The highest BCUT2D eigenvalue weighted by atomic mass is 16.5. The minimum atomic E-state index is 0.524. The summed E-state index contributed by atoms with van der Waals surface area (Å²) in [5, 5.41) is 4.06. The van der Waals surface area contributed by atoms with Gasteiger partial charge in [-0.1, -0.05) is 24.2 Å². The zero-order valence-electron chi connectivity index (χ0n) is 13.5. The van der Waals surface area contributed by atoms with Crippen LogP contribution < -0.4 is 4.74 Å². The summed E-state index contributed by atoms with van der Waals surface area (Å²) in [5.74, 6) is 2.97. The van der Waals surface area contributed by atoms with E-state index in [4.69, 9.17) is 9.26 Å². The zero-order chi connectivity index (χ0) is 15.5. The van der Waals surface area contributed by atoms with E-state index in [9.17, 15) is 0 Å². The predicted octanol–water partition coefficient (Wildman–Crippen LogP) is 3.02. The van der Waals surface area contributed by atoms with Crippen LogP contribution in [0.3, 0.4) is 0 Å². The van der Waals surface area contributed by atoms with E-state index in [1.165, 1.54) is 5.56 Å². The van der Waals surface area contributed by atoms with Crippen molar-refractivity contribution in [3.8, 4) is 5.75 Å². The molecule has 2 aromatic rings. The van der Waals surface area contributed by atoms with Crippen LogP contribution >= 0.6 is 0 Å². The highest BCUT2D eigenvalue weighted by Crippen LogP contribution is 2.33. The first-order valence-electron chi connectivity index (χ1n) is 7.89. The Morgan fingerprint density at radius 1 is 1.32 bits per heavy atom. The molecule has 0 bridgehead atoms. The molecule has 1 aromatic carbocycles. The smallest absolute Gasteiger partial charge is 0.226 e. The molecule has 3 rings (SSSR count). The third kappa shape index (κ3) is 3.14. The first kappa shape index (κ1) is 15.0. The molecule has 1 fully saturated rings. The Labute approximate surface area is 131 Å². The van der Waals surface area contributed by atoms with E-state index in [0.29, 0.717) is 17.9 Å². The second-order valence-corrected chi connectivity index (χ2v) is 5.94.